The van der Waals surface area contributed by atoms with Crippen LogP contribution in [-0.4, -0.2) is 24.0 Å². The van der Waals surface area contributed by atoms with Gasteiger partial charge < -0.3 is 20.2 Å². The molecule has 138 valence electrons. The number of rotatable bonds is 7. The van der Waals surface area contributed by atoms with E-state index in [0.717, 1.165) is 0 Å². The maximum absolute atomic E-state index is 12.6. The molecule has 0 unspecified atom stereocenters. The van der Waals surface area contributed by atoms with Crippen molar-refractivity contribution in [2.75, 3.05) is 5.32 Å². The minimum Gasteiger partial charge on any atom is -0.467 e. The van der Waals surface area contributed by atoms with Crippen LogP contribution in [0.1, 0.15) is 30.0 Å². The molecule has 0 aliphatic carbocycles. The van der Waals surface area contributed by atoms with E-state index in [1.54, 1.807) is 56.5 Å². The molecule has 4 N–H and O–H groups in total. The first-order valence-corrected chi connectivity index (χ1v) is 8.05. The van der Waals surface area contributed by atoms with E-state index in [9.17, 15) is 14.4 Å². The van der Waals surface area contributed by atoms with Crippen molar-refractivity contribution in [2.45, 2.75) is 26.5 Å². The van der Waals surface area contributed by atoms with Gasteiger partial charge in [0.25, 0.3) is 5.91 Å². The number of hydrogen-bond acceptors (Lipinski definition) is 6. The molecule has 0 aliphatic heterocycles. The summed E-state index contributed by atoms with van der Waals surface area (Å²) in [6, 6.07) is 9.31. The summed E-state index contributed by atoms with van der Waals surface area (Å²) < 4.78 is 10.6. The van der Waals surface area contributed by atoms with Gasteiger partial charge in [0.15, 0.2) is 6.10 Å². The molecule has 0 spiro atoms. The third kappa shape index (κ3) is 5.10. The van der Waals surface area contributed by atoms with Crippen molar-refractivity contribution >= 4 is 23.6 Å². The minimum absolute atomic E-state index is 0.261. The number of furan rings is 1. The third-order valence-electron chi connectivity index (χ3n) is 3.52. The molecule has 2 aromatic rings. The second-order valence-corrected chi connectivity index (χ2v) is 5.90. The van der Waals surface area contributed by atoms with Gasteiger partial charge in [0, 0.05) is 5.69 Å². The van der Waals surface area contributed by atoms with Gasteiger partial charge in [-0.1, -0.05) is 26.0 Å². The van der Waals surface area contributed by atoms with E-state index in [1.165, 1.54) is 0 Å². The molecule has 1 atom stereocenters. The molecule has 1 aromatic carbocycles. The molecule has 1 heterocycles. The number of carbonyl (C=O) groups excluding carboxylic acids is 3. The molecule has 0 saturated heterocycles. The molecular formula is C18H21N3O5. The zero-order chi connectivity index (χ0) is 19.1. The van der Waals surface area contributed by atoms with Crippen LogP contribution in [0.15, 0.2) is 47.1 Å². The van der Waals surface area contributed by atoms with Crippen LogP contribution in [0.5, 0.6) is 0 Å². The molecular weight excluding hydrogens is 338 g/mol. The molecule has 0 bridgehead atoms. The Kier molecular flexibility index (Phi) is 6.37. The summed E-state index contributed by atoms with van der Waals surface area (Å²) in [6.45, 7) is 3.77. The van der Waals surface area contributed by atoms with Crippen LogP contribution in [0, 0.1) is 5.92 Å². The first kappa shape index (κ1) is 19.0. The number of primary amides is 1. The molecule has 0 fully saturated rings. The average molecular weight is 359 g/mol. The number of hydrogen-bond donors (Lipinski definition) is 3. The van der Waals surface area contributed by atoms with E-state index < -0.39 is 24.0 Å². The van der Waals surface area contributed by atoms with Gasteiger partial charge in [0.05, 0.1) is 18.4 Å². The van der Waals surface area contributed by atoms with Gasteiger partial charge >= 0.3 is 12.0 Å². The molecule has 3 amide bonds. The van der Waals surface area contributed by atoms with E-state index >= 15 is 0 Å². The molecule has 26 heavy (non-hydrogen) atoms. The van der Waals surface area contributed by atoms with E-state index in [1.807, 2.05) is 5.32 Å². The lowest BCUT2D eigenvalue weighted by Crippen LogP contribution is -2.45. The maximum atomic E-state index is 12.6. The van der Waals surface area contributed by atoms with Gasteiger partial charge in [-0.05, 0) is 30.2 Å². The van der Waals surface area contributed by atoms with E-state index in [4.69, 9.17) is 14.9 Å². The lowest BCUT2D eigenvalue weighted by atomic mass is 10.1. The first-order valence-electron chi connectivity index (χ1n) is 8.05. The fourth-order valence-electron chi connectivity index (χ4n) is 2.27. The van der Waals surface area contributed by atoms with Crippen molar-refractivity contribution in [3.8, 4) is 0 Å². The number of esters is 1. The van der Waals surface area contributed by atoms with Gasteiger partial charge in [-0.2, -0.15) is 0 Å². The SMILES string of the molecule is CC(C)[C@H](OC(=O)c1ccccc1NCc1ccco1)C(=O)NC(N)=O. The van der Waals surface area contributed by atoms with Crippen molar-refractivity contribution < 1.29 is 23.5 Å². The van der Waals surface area contributed by atoms with Crippen molar-refractivity contribution in [3.63, 3.8) is 0 Å². The molecule has 0 radical (unpaired) electrons. The summed E-state index contributed by atoms with van der Waals surface area (Å²) in [5, 5.41) is 5.03. The van der Waals surface area contributed by atoms with Crippen LogP contribution in [0.3, 0.4) is 0 Å². The summed E-state index contributed by atoms with van der Waals surface area (Å²) >= 11 is 0. The fourth-order valence-corrected chi connectivity index (χ4v) is 2.27. The number of nitrogens with two attached hydrogens (primary N) is 1. The number of benzene rings is 1. The monoisotopic (exact) mass is 359 g/mol. The van der Waals surface area contributed by atoms with Gasteiger partial charge in [-0.3, -0.25) is 10.1 Å². The number of carbonyl (C=O) groups is 3. The number of para-hydroxylation sites is 1. The fraction of sp³-hybridized carbons (Fsp3) is 0.278. The smallest absolute Gasteiger partial charge is 0.341 e. The van der Waals surface area contributed by atoms with Gasteiger partial charge in [0.2, 0.25) is 0 Å². The summed E-state index contributed by atoms with van der Waals surface area (Å²) in [6.07, 6.45) is 0.412. The Morgan fingerprint density at radius 1 is 1.15 bits per heavy atom. The van der Waals surface area contributed by atoms with Crippen LogP contribution in [0.2, 0.25) is 0 Å². The maximum Gasteiger partial charge on any atom is 0.341 e. The van der Waals surface area contributed by atoms with Crippen LogP contribution >= 0.6 is 0 Å². The summed E-state index contributed by atoms with van der Waals surface area (Å²) in [4.78, 5) is 35.4. The number of urea groups is 1. The Bertz CT molecular complexity index is 771. The molecule has 8 heteroatoms. The Morgan fingerprint density at radius 3 is 2.50 bits per heavy atom. The van der Waals surface area contributed by atoms with E-state index in [2.05, 4.69) is 5.32 Å². The zero-order valence-electron chi connectivity index (χ0n) is 14.5. The highest BCUT2D eigenvalue weighted by atomic mass is 16.5. The highest BCUT2D eigenvalue weighted by molar-refractivity contribution is 6.00. The molecule has 2 rings (SSSR count). The zero-order valence-corrected chi connectivity index (χ0v) is 14.5. The second-order valence-electron chi connectivity index (χ2n) is 5.90. The second kappa shape index (κ2) is 8.70. The van der Waals surface area contributed by atoms with Crippen LogP contribution in [-0.2, 0) is 16.1 Å². The summed E-state index contributed by atoms with van der Waals surface area (Å²) in [5.74, 6) is -1.09. The molecule has 1 aromatic heterocycles. The highest BCUT2D eigenvalue weighted by Crippen LogP contribution is 2.19. The van der Waals surface area contributed by atoms with Gasteiger partial charge in [-0.25, -0.2) is 9.59 Å². The summed E-state index contributed by atoms with van der Waals surface area (Å²) in [7, 11) is 0. The van der Waals surface area contributed by atoms with Crippen molar-refractivity contribution in [2.24, 2.45) is 11.7 Å². The Labute approximate surface area is 150 Å². The van der Waals surface area contributed by atoms with Crippen molar-refractivity contribution in [1.82, 2.24) is 5.32 Å². The number of ether oxygens (including phenoxy) is 1. The van der Waals surface area contributed by atoms with Crippen molar-refractivity contribution in [3.05, 3.63) is 54.0 Å². The predicted octanol–water partition coefficient (Wildman–Crippen LogP) is 2.27. The lowest BCUT2D eigenvalue weighted by Gasteiger charge is -2.20. The standard InChI is InChI=1S/C18H21N3O5/c1-11(2)15(16(22)21-18(19)24)26-17(23)13-7-3-4-8-14(13)20-10-12-6-5-9-25-12/h3-9,11,15,20H,10H2,1-2H3,(H3,19,21,22,24)/t15-/m0/s1. The van der Waals surface area contributed by atoms with E-state index in [0.29, 0.717) is 18.0 Å². The number of nitrogens with one attached hydrogen (secondary N) is 2. The normalized spacial score (nSPS) is 11.7. The highest BCUT2D eigenvalue weighted by Gasteiger charge is 2.28. The quantitative estimate of drug-likeness (QED) is 0.652. The van der Waals surface area contributed by atoms with Crippen LogP contribution < -0.4 is 16.4 Å². The molecule has 0 saturated carbocycles. The molecule has 8 nitrogen and oxygen atoms in total. The van der Waals surface area contributed by atoms with Gasteiger partial charge in [-0.15, -0.1) is 0 Å². The Morgan fingerprint density at radius 2 is 1.88 bits per heavy atom. The first-order chi connectivity index (χ1) is 12.4. The largest absolute Gasteiger partial charge is 0.467 e. The molecule has 0 aliphatic rings. The van der Waals surface area contributed by atoms with Crippen molar-refractivity contribution in [1.29, 1.82) is 0 Å². The number of anilines is 1. The number of amides is 3. The van der Waals surface area contributed by atoms with E-state index in [-0.39, 0.29) is 11.5 Å². The topological polar surface area (TPSA) is 124 Å². The predicted molar refractivity (Wildman–Crippen MR) is 94.2 cm³/mol. The van der Waals surface area contributed by atoms with Crippen LogP contribution in [0.25, 0.3) is 0 Å². The minimum atomic E-state index is -1.15. The summed E-state index contributed by atoms with van der Waals surface area (Å²) in [5.41, 5.74) is 5.75. The lowest BCUT2D eigenvalue weighted by molar-refractivity contribution is -0.130. The third-order valence-corrected chi connectivity index (χ3v) is 3.52. The average Bonchev–Trinajstić information content (AvgIpc) is 3.10. The Hall–Kier alpha value is -3.29. The number of imide groups is 1. The van der Waals surface area contributed by atoms with Crippen LogP contribution in [0.4, 0.5) is 10.5 Å². The van der Waals surface area contributed by atoms with Gasteiger partial charge in [0.1, 0.15) is 5.76 Å². The Balaban J connectivity index is 2.12.